The maximum atomic E-state index is 9.53. The normalized spacial score (nSPS) is 25.5. The third-order valence-electron chi connectivity index (χ3n) is 3.96. The van der Waals surface area contributed by atoms with Crippen molar-refractivity contribution in [1.82, 2.24) is 5.32 Å². The zero-order valence-corrected chi connectivity index (χ0v) is 10.7. The summed E-state index contributed by atoms with van der Waals surface area (Å²) in [5.74, 6) is 0.377. The van der Waals surface area contributed by atoms with Gasteiger partial charge in [-0.2, -0.15) is 0 Å². The van der Waals surface area contributed by atoms with Gasteiger partial charge in [0.15, 0.2) is 0 Å². The number of benzene rings is 1. The lowest BCUT2D eigenvalue weighted by atomic mass is 9.84. The summed E-state index contributed by atoms with van der Waals surface area (Å²) in [5, 5.41) is 13.3. The number of phenolic OH excluding ortho intramolecular Hbond substituents is 1. The average Bonchev–Trinajstić information content (AvgIpc) is 2.55. The predicted octanol–water partition coefficient (Wildman–Crippen LogP) is 3.25. The first-order valence-electron chi connectivity index (χ1n) is 6.77. The Kier molecular flexibility index (Phi) is 4.06. The molecule has 2 N–H and O–H groups in total. The highest BCUT2D eigenvalue weighted by Crippen LogP contribution is 2.27. The zero-order valence-electron chi connectivity index (χ0n) is 10.7. The zero-order chi connectivity index (χ0) is 12.1. The van der Waals surface area contributed by atoms with E-state index in [1.54, 1.807) is 6.07 Å². The van der Waals surface area contributed by atoms with E-state index in [2.05, 4.69) is 18.3 Å². The van der Waals surface area contributed by atoms with E-state index in [0.29, 0.717) is 5.75 Å². The van der Waals surface area contributed by atoms with Crippen molar-refractivity contribution in [2.45, 2.75) is 51.0 Å². The monoisotopic (exact) mass is 233 g/mol. The van der Waals surface area contributed by atoms with Crippen LogP contribution in [-0.4, -0.2) is 17.2 Å². The van der Waals surface area contributed by atoms with E-state index in [0.717, 1.165) is 19.4 Å². The lowest BCUT2D eigenvalue weighted by Crippen LogP contribution is -2.46. The summed E-state index contributed by atoms with van der Waals surface area (Å²) in [6.45, 7) is 3.40. The molecule has 1 fully saturated rings. The highest BCUT2D eigenvalue weighted by Gasteiger charge is 2.28. The highest BCUT2D eigenvalue weighted by molar-refractivity contribution is 5.28. The van der Waals surface area contributed by atoms with Gasteiger partial charge < -0.3 is 10.4 Å². The number of hydrogen-bond donors (Lipinski definition) is 2. The van der Waals surface area contributed by atoms with E-state index in [4.69, 9.17) is 0 Å². The van der Waals surface area contributed by atoms with Crippen molar-refractivity contribution in [1.29, 1.82) is 0 Å². The quantitative estimate of drug-likeness (QED) is 0.840. The molecule has 1 unspecified atom stereocenters. The van der Waals surface area contributed by atoms with Crippen molar-refractivity contribution in [2.75, 3.05) is 6.54 Å². The second-order valence-electron chi connectivity index (χ2n) is 5.22. The molecule has 1 saturated heterocycles. The average molecular weight is 233 g/mol. The Bertz CT molecular complexity index is 354. The fourth-order valence-electron chi connectivity index (χ4n) is 2.84. The van der Waals surface area contributed by atoms with Crippen molar-refractivity contribution in [3.63, 3.8) is 0 Å². The third-order valence-corrected chi connectivity index (χ3v) is 3.96. The molecule has 1 aromatic rings. The maximum Gasteiger partial charge on any atom is 0.115 e. The van der Waals surface area contributed by atoms with Crippen LogP contribution in [0.5, 0.6) is 5.75 Å². The van der Waals surface area contributed by atoms with Crippen LogP contribution in [0.3, 0.4) is 0 Å². The number of rotatable bonds is 3. The molecule has 0 radical (unpaired) electrons. The minimum Gasteiger partial charge on any atom is -0.508 e. The molecule has 1 heterocycles. The van der Waals surface area contributed by atoms with Gasteiger partial charge in [0.2, 0.25) is 0 Å². The summed E-state index contributed by atoms with van der Waals surface area (Å²) >= 11 is 0. The molecule has 0 aromatic heterocycles. The van der Waals surface area contributed by atoms with Gasteiger partial charge >= 0.3 is 0 Å². The van der Waals surface area contributed by atoms with Crippen molar-refractivity contribution >= 4 is 0 Å². The fourth-order valence-corrected chi connectivity index (χ4v) is 2.84. The van der Waals surface area contributed by atoms with E-state index in [1.807, 2.05) is 12.1 Å². The van der Waals surface area contributed by atoms with Gasteiger partial charge in [-0.05, 0) is 49.9 Å². The number of nitrogens with one attached hydrogen (secondary N) is 1. The molecule has 0 saturated carbocycles. The maximum absolute atomic E-state index is 9.53. The molecule has 1 aromatic carbocycles. The second-order valence-corrected chi connectivity index (χ2v) is 5.22. The van der Waals surface area contributed by atoms with Crippen molar-refractivity contribution in [2.24, 2.45) is 0 Å². The molecule has 0 bridgehead atoms. The van der Waals surface area contributed by atoms with Crippen LogP contribution in [0.15, 0.2) is 24.3 Å². The Labute approximate surface area is 104 Å². The van der Waals surface area contributed by atoms with Crippen LogP contribution < -0.4 is 5.32 Å². The smallest absolute Gasteiger partial charge is 0.115 e. The lowest BCUT2D eigenvalue weighted by molar-refractivity contribution is 0.302. The van der Waals surface area contributed by atoms with Gasteiger partial charge in [-0.3, -0.25) is 0 Å². The van der Waals surface area contributed by atoms with E-state index >= 15 is 0 Å². The largest absolute Gasteiger partial charge is 0.508 e. The van der Waals surface area contributed by atoms with E-state index in [1.165, 1.54) is 31.2 Å². The molecular weight excluding hydrogens is 210 g/mol. The first-order chi connectivity index (χ1) is 8.24. The Morgan fingerprint density at radius 1 is 1.29 bits per heavy atom. The van der Waals surface area contributed by atoms with Crippen LogP contribution in [0.1, 0.15) is 44.6 Å². The summed E-state index contributed by atoms with van der Waals surface area (Å²) in [6, 6.07) is 7.68. The van der Waals surface area contributed by atoms with Gasteiger partial charge in [-0.25, -0.2) is 0 Å². The summed E-state index contributed by atoms with van der Waals surface area (Å²) in [5.41, 5.74) is 1.48. The summed E-state index contributed by atoms with van der Waals surface area (Å²) < 4.78 is 0. The molecule has 0 amide bonds. The fraction of sp³-hybridized carbons (Fsp3) is 0.600. The first kappa shape index (κ1) is 12.4. The molecule has 2 nitrogen and oxygen atoms in total. The second kappa shape index (κ2) is 5.54. The van der Waals surface area contributed by atoms with Crippen molar-refractivity contribution < 1.29 is 5.11 Å². The van der Waals surface area contributed by atoms with Gasteiger partial charge in [0.1, 0.15) is 5.75 Å². The van der Waals surface area contributed by atoms with E-state index < -0.39 is 0 Å². The first-order valence-corrected chi connectivity index (χ1v) is 6.77. The van der Waals surface area contributed by atoms with Gasteiger partial charge in [0.05, 0.1) is 0 Å². The summed E-state index contributed by atoms with van der Waals surface area (Å²) in [7, 11) is 0. The third kappa shape index (κ3) is 3.22. The minimum atomic E-state index is 0.240. The van der Waals surface area contributed by atoms with Gasteiger partial charge in [0, 0.05) is 5.54 Å². The number of aromatic hydroxyl groups is 1. The van der Waals surface area contributed by atoms with Crippen molar-refractivity contribution in [3.8, 4) is 5.75 Å². The molecule has 0 aliphatic carbocycles. The predicted molar refractivity (Wildman–Crippen MR) is 71.3 cm³/mol. The molecular formula is C15H23NO. The number of hydrogen-bond acceptors (Lipinski definition) is 2. The van der Waals surface area contributed by atoms with Crippen LogP contribution in [0, 0.1) is 0 Å². The molecule has 1 atom stereocenters. The highest BCUT2D eigenvalue weighted by atomic mass is 16.3. The van der Waals surface area contributed by atoms with Gasteiger partial charge in [-0.15, -0.1) is 0 Å². The number of phenols is 1. The summed E-state index contributed by atoms with van der Waals surface area (Å²) in [4.78, 5) is 0. The van der Waals surface area contributed by atoms with Crippen LogP contribution in [0.25, 0.3) is 0 Å². The molecule has 2 heteroatoms. The van der Waals surface area contributed by atoms with Gasteiger partial charge in [-0.1, -0.05) is 31.9 Å². The Balaban J connectivity index is 2.12. The lowest BCUT2D eigenvalue weighted by Gasteiger charge is -2.33. The van der Waals surface area contributed by atoms with Gasteiger partial charge in [0.25, 0.3) is 0 Å². The molecule has 94 valence electrons. The standard InChI is InChI=1S/C15H23NO/c1-2-15(9-4-3-5-10-16-15)12-13-7-6-8-14(17)11-13/h6-8,11,16-17H,2-5,9-10,12H2,1H3. The van der Waals surface area contributed by atoms with Crippen LogP contribution in [0.2, 0.25) is 0 Å². The summed E-state index contributed by atoms with van der Waals surface area (Å²) in [6.07, 6.45) is 7.38. The van der Waals surface area contributed by atoms with E-state index in [9.17, 15) is 5.11 Å². The van der Waals surface area contributed by atoms with Crippen LogP contribution in [0.4, 0.5) is 0 Å². The Morgan fingerprint density at radius 2 is 2.18 bits per heavy atom. The molecule has 17 heavy (non-hydrogen) atoms. The Morgan fingerprint density at radius 3 is 2.94 bits per heavy atom. The van der Waals surface area contributed by atoms with Crippen LogP contribution >= 0.6 is 0 Å². The van der Waals surface area contributed by atoms with Crippen LogP contribution in [-0.2, 0) is 6.42 Å². The molecule has 0 spiro atoms. The Hall–Kier alpha value is -1.02. The molecule has 2 rings (SSSR count). The van der Waals surface area contributed by atoms with E-state index in [-0.39, 0.29) is 5.54 Å². The molecule has 1 aliphatic heterocycles. The topological polar surface area (TPSA) is 32.3 Å². The van der Waals surface area contributed by atoms with Crippen molar-refractivity contribution in [3.05, 3.63) is 29.8 Å². The minimum absolute atomic E-state index is 0.240. The SMILES string of the molecule is CCC1(Cc2cccc(O)c2)CCCCCN1. The molecule has 1 aliphatic rings.